The number of hydrogen-bond donors (Lipinski definition) is 1. The first-order valence-corrected chi connectivity index (χ1v) is 6.35. The lowest BCUT2D eigenvalue weighted by molar-refractivity contribution is -0.139. The van der Waals surface area contributed by atoms with E-state index in [9.17, 15) is 9.59 Å². The average molecular weight is 277 g/mol. The number of amides is 1. The Hall–Kier alpha value is -2.30. The summed E-state index contributed by atoms with van der Waals surface area (Å²) in [5.41, 5.74) is 0.773. The van der Waals surface area contributed by atoms with Crippen LogP contribution in [0.4, 0.5) is 5.69 Å². The number of rotatable bonds is 7. The molecule has 0 saturated carbocycles. The maximum absolute atomic E-state index is 11.7. The summed E-state index contributed by atoms with van der Waals surface area (Å²) >= 11 is 0. The van der Waals surface area contributed by atoms with E-state index in [0.717, 1.165) is 6.42 Å². The van der Waals surface area contributed by atoms with E-state index in [1.807, 2.05) is 6.92 Å². The van der Waals surface area contributed by atoms with Gasteiger partial charge in [0, 0.05) is 11.3 Å². The zero-order chi connectivity index (χ0) is 15.0. The van der Waals surface area contributed by atoms with Crippen molar-refractivity contribution in [3.63, 3.8) is 0 Å². The number of ether oxygens (including phenoxy) is 2. The molecule has 1 rings (SSSR count). The van der Waals surface area contributed by atoms with Crippen LogP contribution in [0.5, 0.6) is 5.75 Å². The molecule has 108 valence electrons. The second kappa shape index (κ2) is 7.99. The molecule has 5 heteroatoms. The summed E-state index contributed by atoms with van der Waals surface area (Å²) < 4.78 is 9.92. The Bertz CT molecular complexity index is 479. The first kappa shape index (κ1) is 15.8. The van der Waals surface area contributed by atoms with E-state index < -0.39 is 5.97 Å². The highest BCUT2D eigenvalue weighted by Crippen LogP contribution is 2.15. The third-order valence-corrected chi connectivity index (χ3v) is 2.47. The molecule has 0 aliphatic rings. The van der Waals surface area contributed by atoms with Gasteiger partial charge in [0.15, 0.2) is 0 Å². The summed E-state index contributed by atoms with van der Waals surface area (Å²) in [5.74, 6) is -0.138. The number of anilines is 1. The van der Waals surface area contributed by atoms with Gasteiger partial charge >= 0.3 is 5.97 Å². The number of carbonyl (C=O) groups is 2. The largest absolute Gasteiger partial charge is 0.497 e. The van der Waals surface area contributed by atoms with Gasteiger partial charge in [-0.15, -0.1) is 0 Å². The van der Waals surface area contributed by atoms with Gasteiger partial charge in [0.2, 0.25) is 5.91 Å². The molecule has 0 bridgehead atoms. The van der Waals surface area contributed by atoms with Gasteiger partial charge in [0.05, 0.1) is 20.1 Å². The fourth-order valence-electron chi connectivity index (χ4n) is 1.44. The minimum absolute atomic E-state index is 0.0887. The van der Waals surface area contributed by atoms with Gasteiger partial charge < -0.3 is 14.8 Å². The number of nitrogens with one attached hydrogen (secondary N) is 1. The number of esters is 1. The second-order valence-electron chi connectivity index (χ2n) is 4.19. The summed E-state index contributed by atoms with van der Waals surface area (Å²) in [6.45, 7) is 5.79. The third kappa shape index (κ3) is 5.14. The van der Waals surface area contributed by atoms with Crippen LogP contribution in [0.15, 0.2) is 36.4 Å². The molecule has 0 atom stereocenters. The molecule has 0 aliphatic heterocycles. The summed E-state index contributed by atoms with van der Waals surface area (Å²) in [7, 11) is 1.57. The summed E-state index contributed by atoms with van der Waals surface area (Å²) in [6, 6.07) is 6.91. The van der Waals surface area contributed by atoms with Gasteiger partial charge in [-0.1, -0.05) is 13.5 Å². The Morgan fingerprint density at radius 1 is 1.25 bits per heavy atom. The maximum Gasteiger partial charge on any atom is 0.333 e. The molecule has 0 aromatic heterocycles. The second-order valence-corrected chi connectivity index (χ2v) is 4.19. The van der Waals surface area contributed by atoms with E-state index >= 15 is 0 Å². The molecule has 1 aromatic rings. The van der Waals surface area contributed by atoms with Crippen molar-refractivity contribution in [3.05, 3.63) is 36.4 Å². The fraction of sp³-hybridized carbons (Fsp3) is 0.333. The van der Waals surface area contributed by atoms with Gasteiger partial charge in [-0.25, -0.2) is 4.79 Å². The first-order valence-electron chi connectivity index (χ1n) is 6.35. The Labute approximate surface area is 118 Å². The number of benzene rings is 1. The highest BCUT2D eigenvalue weighted by molar-refractivity contribution is 5.99. The monoisotopic (exact) mass is 277 g/mol. The third-order valence-electron chi connectivity index (χ3n) is 2.47. The van der Waals surface area contributed by atoms with Gasteiger partial charge in [-0.2, -0.15) is 0 Å². The van der Waals surface area contributed by atoms with E-state index in [1.165, 1.54) is 0 Å². The summed E-state index contributed by atoms with van der Waals surface area (Å²) in [4.78, 5) is 23.2. The molecule has 0 spiro atoms. The Balaban J connectivity index is 2.46. The summed E-state index contributed by atoms with van der Waals surface area (Å²) in [6.07, 6.45) is 0.644. The van der Waals surface area contributed by atoms with Crippen LogP contribution in [0.2, 0.25) is 0 Å². The van der Waals surface area contributed by atoms with Crippen LogP contribution in [0.3, 0.4) is 0 Å². The van der Waals surface area contributed by atoms with Crippen molar-refractivity contribution in [2.45, 2.75) is 19.8 Å². The number of methoxy groups -OCH3 is 1. The van der Waals surface area contributed by atoms with E-state index in [2.05, 4.69) is 11.9 Å². The Morgan fingerprint density at radius 2 is 1.90 bits per heavy atom. The van der Waals surface area contributed by atoms with Crippen LogP contribution in [0, 0.1) is 0 Å². The lowest BCUT2D eigenvalue weighted by atomic mass is 10.2. The van der Waals surface area contributed by atoms with Crippen molar-refractivity contribution in [2.24, 2.45) is 0 Å². The van der Waals surface area contributed by atoms with Crippen LogP contribution in [0.1, 0.15) is 19.8 Å². The fourth-order valence-corrected chi connectivity index (χ4v) is 1.44. The zero-order valence-electron chi connectivity index (χ0n) is 11.8. The quantitative estimate of drug-likeness (QED) is 0.614. The topological polar surface area (TPSA) is 64.6 Å². The summed E-state index contributed by atoms with van der Waals surface area (Å²) in [5, 5.41) is 2.67. The van der Waals surface area contributed by atoms with E-state index in [-0.39, 0.29) is 17.9 Å². The SMILES string of the molecule is C=C(CC(=O)Nc1ccc(OC)cc1)C(=O)OCCC. The van der Waals surface area contributed by atoms with Gasteiger partial charge in [0.25, 0.3) is 0 Å². The average Bonchev–Trinajstić information content (AvgIpc) is 2.45. The molecule has 0 unspecified atom stereocenters. The molecule has 0 fully saturated rings. The van der Waals surface area contributed by atoms with Crippen LogP contribution < -0.4 is 10.1 Å². The van der Waals surface area contributed by atoms with Crippen molar-refractivity contribution >= 4 is 17.6 Å². The zero-order valence-corrected chi connectivity index (χ0v) is 11.8. The molecule has 1 aromatic carbocycles. The molecule has 0 aliphatic carbocycles. The van der Waals surface area contributed by atoms with Crippen molar-refractivity contribution in [3.8, 4) is 5.75 Å². The predicted octanol–water partition coefficient (Wildman–Crippen LogP) is 2.53. The standard InChI is InChI=1S/C15H19NO4/c1-4-9-20-15(18)11(2)10-14(17)16-12-5-7-13(19-3)8-6-12/h5-8H,2,4,9-10H2,1,3H3,(H,16,17). The molecule has 1 N–H and O–H groups in total. The number of hydrogen-bond acceptors (Lipinski definition) is 4. The van der Waals surface area contributed by atoms with Gasteiger partial charge in [-0.05, 0) is 30.7 Å². The molecule has 5 nitrogen and oxygen atoms in total. The van der Waals surface area contributed by atoms with Gasteiger partial charge in [-0.3, -0.25) is 4.79 Å². The molecule has 20 heavy (non-hydrogen) atoms. The molecular weight excluding hydrogens is 258 g/mol. The van der Waals surface area contributed by atoms with E-state index in [4.69, 9.17) is 9.47 Å². The lowest BCUT2D eigenvalue weighted by Gasteiger charge is -2.08. The Morgan fingerprint density at radius 3 is 2.45 bits per heavy atom. The molecule has 0 radical (unpaired) electrons. The van der Waals surface area contributed by atoms with Crippen molar-refractivity contribution in [1.29, 1.82) is 0 Å². The van der Waals surface area contributed by atoms with Gasteiger partial charge in [0.1, 0.15) is 5.75 Å². The van der Waals surface area contributed by atoms with Crippen LogP contribution >= 0.6 is 0 Å². The van der Waals surface area contributed by atoms with Crippen LogP contribution in [-0.2, 0) is 14.3 Å². The smallest absolute Gasteiger partial charge is 0.333 e. The number of carbonyl (C=O) groups excluding carboxylic acids is 2. The van der Waals surface area contributed by atoms with Crippen molar-refractivity contribution in [1.82, 2.24) is 0 Å². The van der Waals surface area contributed by atoms with Crippen molar-refractivity contribution < 1.29 is 19.1 Å². The van der Waals surface area contributed by atoms with E-state index in [0.29, 0.717) is 18.0 Å². The highest BCUT2D eigenvalue weighted by Gasteiger charge is 2.13. The van der Waals surface area contributed by atoms with Crippen LogP contribution in [0.25, 0.3) is 0 Å². The van der Waals surface area contributed by atoms with Crippen LogP contribution in [-0.4, -0.2) is 25.6 Å². The predicted molar refractivity (Wildman–Crippen MR) is 76.6 cm³/mol. The van der Waals surface area contributed by atoms with Crippen molar-refractivity contribution in [2.75, 3.05) is 19.0 Å². The minimum Gasteiger partial charge on any atom is -0.497 e. The highest BCUT2D eigenvalue weighted by atomic mass is 16.5. The first-order chi connectivity index (χ1) is 9.56. The molecule has 0 saturated heterocycles. The maximum atomic E-state index is 11.7. The molecule has 1 amide bonds. The molecule has 0 heterocycles. The lowest BCUT2D eigenvalue weighted by Crippen LogP contribution is -2.16. The minimum atomic E-state index is -0.531. The normalized spacial score (nSPS) is 9.70. The molecular formula is C15H19NO4. The Kier molecular flexibility index (Phi) is 6.29. The van der Waals surface area contributed by atoms with E-state index in [1.54, 1.807) is 31.4 Å².